The Morgan fingerprint density at radius 3 is 2.74 bits per heavy atom. The number of rotatable bonds is 4. The highest BCUT2D eigenvalue weighted by atomic mass is 19.1. The molecule has 2 aromatic heterocycles. The number of carbonyl (C=O) groups excluding carboxylic acids is 1. The van der Waals surface area contributed by atoms with Gasteiger partial charge in [-0.05, 0) is 67.9 Å². The molecule has 4 atom stereocenters. The predicted molar refractivity (Wildman–Crippen MR) is 135 cm³/mol. The first-order valence-corrected chi connectivity index (χ1v) is 12.6. The van der Waals surface area contributed by atoms with Crippen LogP contribution in [0.1, 0.15) is 67.1 Å². The lowest BCUT2D eigenvalue weighted by molar-refractivity contribution is 0.0126. The summed E-state index contributed by atoms with van der Waals surface area (Å²) in [4.78, 5) is 21.3. The number of aliphatic hydroxyl groups is 1. The number of nitrogens with zero attached hydrogens (tertiary/aromatic N) is 2. The standard InChI is InChI=1S/C28H29F3N4O3/c1-14-9-15(11-16(32)10-14)17-5-7-33-13-22(17)35-27(36)21-4-3-19(29)25(34-21)23-20(30)12-18-26(24(23)31)38-8-6-28(18,2)37/h3-5,7,12-16,37H,6,8-11,32H2,1-2H3,(H,35,36)/t14-,15+,16-,28+/m0/s1. The van der Waals surface area contributed by atoms with Crippen molar-refractivity contribution >= 4 is 11.6 Å². The molecule has 1 aliphatic heterocycles. The Kier molecular flexibility index (Phi) is 6.87. The summed E-state index contributed by atoms with van der Waals surface area (Å²) in [5.74, 6) is -3.85. The Morgan fingerprint density at radius 2 is 1.97 bits per heavy atom. The number of carbonyl (C=O) groups is 1. The molecule has 1 saturated carbocycles. The molecule has 1 amide bonds. The van der Waals surface area contributed by atoms with Crippen LogP contribution in [0.5, 0.6) is 5.75 Å². The van der Waals surface area contributed by atoms with Gasteiger partial charge in [-0.2, -0.15) is 0 Å². The van der Waals surface area contributed by atoms with Crippen molar-refractivity contribution < 1.29 is 27.8 Å². The van der Waals surface area contributed by atoms with Crippen LogP contribution in [0.15, 0.2) is 36.7 Å². The number of nitrogens with two attached hydrogens (primary N) is 1. The molecule has 7 nitrogen and oxygen atoms in total. The van der Waals surface area contributed by atoms with E-state index in [9.17, 15) is 14.3 Å². The fraction of sp³-hybridized carbons (Fsp3) is 0.393. The molecule has 3 aromatic rings. The van der Waals surface area contributed by atoms with Gasteiger partial charge in [0.05, 0.1) is 29.7 Å². The van der Waals surface area contributed by atoms with E-state index in [1.54, 1.807) is 6.20 Å². The Balaban J connectivity index is 1.48. The summed E-state index contributed by atoms with van der Waals surface area (Å²) in [7, 11) is 0. The third-order valence-corrected chi connectivity index (χ3v) is 7.43. The highest BCUT2D eigenvalue weighted by molar-refractivity contribution is 6.03. The van der Waals surface area contributed by atoms with E-state index in [-0.39, 0.29) is 42.0 Å². The maximum atomic E-state index is 15.4. The number of pyridine rings is 2. The minimum Gasteiger partial charge on any atom is -0.490 e. The molecular weight excluding hydrogens is 497 g/mol. The molecule has 2 aliphatic rings. The lowest BCUT2D eigenvalue weighted by atomic mass is 9.76. The number of amides is 1. The van der Waals surface area contributed by atoms with Gasteiger partial charge < -0.3 is 20.9 Å². The average Bonchev–Trinajstić information content (AvgIpc) is 2.85. The number of anilines is 1. The lowest BCUT2D eigenvalue weighted by Crippen LogP contribution is -2.31. The van der Waals surface area contributed by atoms with Crippen molar-refractivity contribution in [2.24, 2.45) is 11.7 Å². The molecule has 0 unspecified atom stereocenters. The lowest BCUT2D eigenvalue weighted by Gasteiger charge is -2.32. The predicted octanol–water partition coefficient (Wildman–Crippen LogP) is 5.03. The van der Waals surface area contributed by atoms with Gasteiger partial charge in [-0.15, -0.1) is 0 Å². The van der Waals surface area contributed by atoms with Crippen LogP contribution < -0.4 is 15.8 Å². The highest BCUT2D eigenvalue weighted by Crippen LogP contribution is 2.43. The molecule has 0 saturated heterocycles. The summed E-state index contributed by atoms with van der Waals surface area (Å²) in [5, 5.41) is 13.3. The zero-order valence-corrected chi connectivity index (χ0v) is 21.1. The maximum Gasteiger partial charge on any atom is 0.274 e. The van der Waals surface area contributed by atoms with E-state index in [4.69, 9.17) is 10.5 Å². The van der Waals surface area contributed by atoms with Crippen LogP contribution in [0, 0.1) is 23.4 Å². The molecule has 10 heteroatoms. The van der Waals surface area contributed by atoms with E-state index >= 15 is 8.78 Å². The minimum absolute atomic E-state index is 0.00152. The number of ether oxygens (including phenoxy) is 1. The maximum absolute atomic E-state index is 15.4. The van der Waals surface area contributed by atoms with Crippen molar-refractivity contribution in [2.75, 3.05) is 11.9 Å². The van der Waals surface area contributed by atoms with Gasteiger partial charge in [0.15, 0.2) is 11.6 Å². The zero-order chi connectivity index (χ0) is 27.2. The minimum atomic E-state index is -1.51. The van der Waals surface area contributed by atoms with Crippen LogP contribution in [-0.4, -0.2) is 33.6 Å². The fourth-order valence-electron chi connectivity index (χ4n) is 5.55. The summed E-state index contributed by atoms with van der Waals surface area (Å²) in [6.45, 7) is 3.56. The number of nitrogens with one attached hydrogen (secondary N) is 1. The number of hydrogen-bond donors (Lipinski definition) is 3. The SMILES string of the molecule is C[C@@H]1C[C@H](N)C[C@H](c2ccncc2NC(=O)c2ccc(F)c(-c3c(F)cc4c(c3F)OCC[C@@]4(C)O)n2)C1. The van der Waals surface area contributed by atoms with E-state index in [0.29, 0.717) is 11.6 Å². The van der Waals surface area contributed by atoms with Crippen LogP contribution in [0.2, 0.25) is 0 Å². The van der Waals surface area contributed by atoms with E-state index < -0.39 is 40.2 Å². The van der Waals surface area contributed by atoms with Gasteiger partial charge in [-0.1, -0.05) is 6.92 Å². The summed E-state index contributed by atoms with van der Waals surface area (Å²) in [6.07, 6.45) is 5.92. The number of halogens is 3. The van der Waals surface area contributed by atoms with Crippen LogP contribution in [0.25, 0.3) is 11.3 Å². The molecule has 4 N–H and O–H groups in total. The van der Waals surface area contributed by atoms with Gasteiger partial charge in [0, 0.05) is 24.2 Å². The number of benzene rings is 1. The molecule has 0 spiro atoms. The van der Waals surface area contributed by atoms with Crippen molar-refractivity contribution in [2.45, 2.75) is 57.1 Å². The molecule has 0 bridgehead atoms. The third kappa shape index (κ3) is 4.86. The molecule has 3 heterocycles. The molecule has 38 heavy (non-hydrogen) atoms. The Bertz CT molecular complexity index is 1390. The van der Waals surface area contributed by atoms with Crippen LogP contribution in [0.3, 0.4) is 0 Å². The molecular formula is C28H29F3N4O3. The second kappa shape index (κ2) is 9.99. The van der Waals surface area contributed by atoms with Crippen molar-refractivity contribution in [1.82, 2.24) is 9.97 Å². The second-order valence-electron chi connectivity index (χ2n) is 10.5. The quantitative estimate of drug-likeness (QED) is 0.440. The number of hydrogen-bond acceptors (Lipinski definition) is 6. The van der Waals surface area contributed by atoms with E-state index in [0.717, 1.165) is 43.0 Å². The van der Waals surface area contributed by atoms with Crippen LogP contribution >= 0.6 is 0 Å². The van der Waals surface area contributed by atoms with E-state index in [1.807, 2.05) is 6.07 Å². The summed E-state index contributed by atoms with van der Waals surface area (Å²) < 4.78 is 50.7. The first kappa shape index (κ1) is 26.1. The van der Waals surface area contributed by atoms with Gasteiger partial charge in [0.1, 0.15) is 23.0 Å². The Hall–Kier alpha value is -3.50. The van der Waals surface area contributed by atoms with Crippen molar-refractivity contribution in [1.29, 1.82) is 0 Å². The van der Waals surface area contributed by atoms with Gasteiger partial charge >= 0.3 is 0 Å². The van der Waals surface area contributed by atoms with Crippen molar-refractivity contribution in [3.63, 3.8) is 0 Å². The normalized spacial score (nSPS) is 24.9. The number of aromatic nitrogens is 2. The smallest absolute Gasteiger partial charge is 0.274 e. The fourth-order valence-corrected chi connectivity index (χ4v) is 5.55. The van der Waals surface area contributed by atoms with Gasteiger partial charge in [-0.25, -0.2) is 18.2 Å². The monoisotopic (exact) mass is 526 g/mol. The summed E-state index contributed by atoms with van der Waals surface area (Å²) in [5.41, 5.74) is 4.31. The summed E-state index contributed by atoms with van der Waals surface area (Å²) >= 11 is 0. The topological polar surface area (TPSA) is 110 Å². The number of fused-ring (bicyclic) bond motifs is 1. The Morgan fingerprint density at radius 1 is 1.18 bits per heavy atom. The van der Waals surface area contributed by atoms with Crippen molar-refractivity contribution in [3.8, 4) is 17.0 Å². The second-order valence-corrected chi connectivity index (χ2v) is 10.5. The van der Waals surface area contributed by atoms with Crippen LogP contribution in [-0.2, 0) is 5.60 Å². The molecule has 5 rings (SSSR count). The zero-order valence-electron chi connectivity index (χ0n) is 21.1. The summed E-state index contributed by atoms with van der Waals surface area (Å²) in [6, 6.07) is 4.87. The first-order chi connectivity index (χ1) is 18.0. The van der Waals surface area contributed by atoms with Crippen molar-refractivity contribution in [3.05, 3.63) is 70.9 Å². The van der Waals surface area contributed by atoms with Gasteiger partial charge in [0.2, 0.25) is 0 Å². The van der Waals surface area contributed by atoms with Gasteiger partial charge in [0.25, 0.3) is 5.91 Å². The molecule has 1 fully saturated rings. The molecule has 1 aliphatic carbocycles. The molecule has 200 valence electrons. The van der Waals surface area contributed by atoms with Gasteiger partial charge in [-0.3, -0.25) is 9.78 Å². The van der Waals surface area contributed by atoms with E-state index in [1.165, 1.54) is 13.1 Å². The highest BCUT2D eigenvalue weighted by Gasteiger charge is 2.36. The largest absolute Gasteiger partial charge is 0.490 e. The Labute approximate surface area is 218 Å². The third-order valence-electron chi connectivity index (χ3n) is 7.43. The first-order valence-electron chi connectivity index (χ1n) is 12.6. The average molecular weight is 527 g/mol. The molecule has 1 aromatic carbocycles. The van der Waals surface area contributed by atoms with E-state index in [2.05, 4.69) is 22.2 Å². The van der Waals surface area contributed by atoms with Crippen LogP contribution in [0.4, 0.5) is 18.9 Å². The molecule has 0 radical (unpaired) electrons.